The van der Waals surface area contributed by atoms with Gasteiger partial charge in [0.1, 0.15) is 0 Å². The van der Waals surface area contributed by atoms with Gasteiger partial charge >= 0.3 is 6.18 Å². The summed E-state index contributed by atoms with van der Waals surface area (Å²) in [5.74, 6) is -0.233. The topological polar surface area (TPSA) is 46.6 Å². The first-order chi connectivity index (χ1) is 15.7. The SMILES string of the molecule is Cc1ccc(C(=O)C2CCN(C(=O)C3(c4cccc(C(F)(F)F)c4)CCOCC3)CC2)cc1. The highest BCUT2D eigenvalue weighted by atomic mass is 19.4. The molecule has 0 bridgehead atoms. The summed E-state index contributed by atoms with van der Waals surface area (Å²) in [6, 6.07) is 12.6. The van der Waals surface area contributed by atoms with Gasteiger partial charge in [0.05, 0.1) is 11.0 Å². The van der Waals surface area contributed by atoms with Gasteiger partial charge in [0, 0.05) is 37.8 Å². The lowest BCUT2D eigenvalue weighted by molar-refractivity contribution is -0.143. The molecular formula is C26H28F3NO3. The van der Waals surface area contributed by atoms with Crippen LogP contribution in [-0.2, 0) is 21.1 Å². The Morgan fingerprint density at radius 3 is 2.24 bits per heavy atom. The second-order valence-corrected chi connectivity index (χ2v) is 9.07. The van der Waals surface area contributed by atoms with E-state index in [1.54, 1.807) is 11.0 Å². The maximum absolute atomic E-state index is 13.7. The summed E-state index contributed by atoms with van der Waals surface area (Å²) in [5.41, 5.74) is 0.371. The van der Waals surface area contributed by atoms with E-state index in [9.17, 15) is 22.8 Å². The van der Waals surface area contributed by atoms with Crippen LogP contribution in [0.25, 0.3) is 0 Å². The molecule has 0 aliphatic carbocycles. The average molecular weight is 460 g/mol. The number of hydrogen-bond acceptors (Lipinski definition) is 3. The Labute approximate surface area is 191 Å². The lowest BCUT2D eigenvalue weighted by atomic mass is 9.72. The molecule has 0 atom stereocenters. The van der Waals surface area contributed by atoms with E-state index < -0.39 is 17.2 Å². The van der Waals surface area contributed by atoms with E-state index >= 15 is 0 Å². The van der Waals surface area contributed by atoms with Gasteiger partial charge in [0.2, 0.25) is 5.91 Å². The molecule has 7 heteroatoms. The van der Waals surface area contributed by atoms with Crippen molar-refractivity contribution in [3.63, 3.8) is 0 Å². The number of rotatable bonds is 4. The molecule has 2 aromatic carbocycles. The maximum atomic E-state index is 13.7. The fourth-order valence-electron chi connectivity index (χ4n) is 4.94. The highest BCUT2D eigenvalue weighted by Gasteiger charge is 2.46. The second kappa shape index (κ2) is 9.29. The van der Waals surface area contributed by atoms with Crippen LogP contribution in [0.5, 0.6) is 0 Å². The van der Waals surface area contributed by atoms with Crippen LogP contribution < -0.4 is 0 Å². The largest absolute Gasteiger partial charge is 0.416 e. The van der Waals surface area contributed by atoms with Crippen molar-refractivity contribution in [2.45, 2.75) is 44.2 Å². The zero-order valence-corrected chi connectivity index (χ0v) is 18.7. The fourth-order valence-corrected chi connectivity index (χ4v) is 4.94. The predicted molar refractivity (Wildman–Crippen MR) is 118 cm³/mol. The van der Waals surface area contributed by atoms with E-state index in [-0.39, 0.29) is 17.6 Å². The molecule has 2 saturated heterocycles. The first kappa shape index (κ1) is 23.5. The van der Waals surface area contributed by atoms with Crippen LogP contribution in [0.15, 0.2) is 48.5 Å². The smallest absolute Gasteiger partial charge is 0.381 e. The zero-order chi connectivity index (χ0) is 23.6. The van der Waals surface area contributed by atoms with Gasteiger partial charge in [-0.2, -0.15) is 13.2 Å². The van der Waals surface area contributed by atoms with Crippen molar-refractivity contribution in [3.8, 4) is 0 Å². The summed E-state index contributed by atoms with van der Waals surface area (Å²) in [7, 11) is 0. The molecule has 1 amide bonds. The van der Waals surface area contributed by atoms with Gasteiger partial charge in [0.15, 0.2) is 5.78 Å². The summed E-state index contributed by atoms with van der Waals surface area (Å²) in [6.07, 6.45) is -2.69. The molecule has 2 aromatic rings. The van der Waals surface area contributed by atoms with Crippen LogP contribution in [0.2, 0.25) is 0 Å². The fraction of sp³-hybridized carbons (Fsp3) is 0.462. The molecular weight excluding hydrogens is 431 g/mol. The van der Waals surface area contributed by atoms with Crippen LogP contribution in [-0.4, -0.2) is 42.9 Å². The summed E-state index contributed by atoms with van der Waals surface area (Å²) in [4.78, 5) is 28.3. The van der Waals surface area contributed by atoms with Crippen molar-refractivity contribution in [2.24, 2.45) is 5.92 Å². The third-order valence-corrected chi connectivity index (χ3v) is 6.99. The summed E-state index contributed by atoms with van der Waals surface area (Å²) in [5, 5.41) is 0. The molecule has 176 valence electrons. The normalized spacial score (nSPS) is 19.3. The van der Waals surface area contributed by atoms with Crippen molar-refractivity contribution in [1.82, 2.24) is 4.90 Å². The number of piperidine rings is 1. The quantitative estimate of drug-likeness (QED) is 0.592. The van der Waals surface area contributed by atoms with Gasteiger partial charge in [-0.15, -0.1) is 0 Å². The molecule has 0 radical (unpaired) electrons. The number of alkyl halides is 3. The van der Waals surface area contributed by atoms with Crippen molar-refractivity contribution in [1.29, 1.82) is 0 Å². The third kappa shape index (κ3) is 4.83. The van der Waals surface area contributed by atoms with Crippen LogP contribution in [0, 0.1) is 12.8 Å². The average Bonchev–Trinajstić information content (AvgIpc) is 2.84. The highest BCUT2D eigenvalue weighted by Crippen LogP contribution is 2.40. The van der Waals surface area contributed by atoms with Gasteiger partial charge in [-0.3, -0.25) is 9.59 Å². The van der Waals surface area contributed by atoms with E-state index in [0.29, 0.717) is 63.1 Å². The number of ketones is 1. The highest BCUT2D eigenvalue weighted by molar-refractivity contribution is 5.98. The Hall–Kier alpha value is -2.67. The molecule has 4 nitrogen and oxygen atoms in total. The van der Waals surface area contributed by atoms with Gasteiger partial charge in [-0.25, -0.2) is 0 Å². The van der Waals surface area contributed by atoms with Crippen molar-refractivity contribution in [2.75, 3.05) is 26.3 Å². The molecule has 2 aliphatic heterocycles. The minimum absolute atomic E-state index is 0.0840. The van der Waals surface area contributed by atoms with Crippen LogP contribution in [0.1, 0.15) is 52.7 Å². The first-order valence-electron chi connectivity index (χ1n) is 11.4. The molecule has 33 heavy (non-hydrogen) atoms. The number of aryl methyl sites for hydroxylation is 1. The molecule has 0 spiro atoms. The van der Waals surface area contributed by atoms with Gasteiger partial charge < -0.3 is 9.64 Å². The van der Waals surface area contributed by atoms with Crippen molar-refractivity contribution in [3.05, 3.63) is 70.8 Å². The van der Waals surface area contributed by atoms with E-state index in [1.165, 1.54) is 6.07 Å². The number of ether oxygens (including phenoxy) is 1. The number of hydrogen-bond donors (Lipinski definition) is 0. The zero-order valence-electron chi connectivity index (χ0n) is 18.7. The molecule has 4 rings (SSSR count). The molecule has 2 aliphatic rings. The second-order valence-electron chi connectivity index (χ2n) is 9.07. The van der Waals surface area contributed by atoms with Gasteiger partial charge in [0.25, 0.3) is 0 Å². The molecule has 0 saturated carbocycles. The number of carbonyl (C=O) groups excluding carboxylic acids is 2. The number of carbonyl (C=O) groups is 2. The Balaban J connectivity index is 1.52. The lowest BCUT2D eigenvalue weighted by Crippen LogP contribution is -2.52. The van der Waals surface area contributed by atoms with Crippen LogP contribution >= 0.6 is 0 Å². The molecule has 2 heterocycles. The lowest BCUT2D eigenvalue weighted by Gasteiger charge is -2.42. The van der Waals surface area contributed by atoms with Gasteiger partial charge in [-0.05, 0) is 44.2 Å². The van der Waals surface area contributed by atoms with E-state index in [1.807, 2.05) is 31.2 Å². The minimum atomic E-state index is -4.47. The minimum Gasteiger partial charge on any atom is -0.381 e. The van der Waals surface area contributed by atoms with E-state index in [2.05, 4.69) is 0 Å². The monoisotopic (exact) mass is 459 g/mol. The number of nitrogens with zero attached hydrogens (tertiary/aromatic N) is 1. The Morgan fingerprint density at radius 1 is 1.00 bits per heavy atom. The Kier molecular flexibility index (Phi) is 6.61. The molecule has 0 N–H and O–H groups in total. The standard InChI is InChI=1S/C26H28F3NO3/c1-18-5-7-19(8-6-18)23(31)20-9-13-30(14-10-20)24(32)25(11-15-33-16-12-25)21-3-2-4-22(17-21)26(27,28)29/h2-8,17,20H,9-16H2,1H3. The number of halogens is 3. The molecule has 0 aromatic heterocycles. The molecule has 2 fully saturated rings. The molecule has 0 unspecified atom stereocenters. The van der Waals surface area contributed by atoms with Crippen molar-refractivity contribution >= 4 is 11.7 Å². The van der Waals surface area contributed by atoms with E-state index in [4.69, 9.17) is 4.74 Å². The maximum Gasteiger partial charge on any atom is 0.416 e. The van der Waals surface area contributed by atoms with Crippen molar-refractivity contribution < 1.29 is 27.5 Å². The third-order valence-electron chi connectivity index (χ3n) is 6.99. The first-order valence-corrected chi connectivity index (χ1v) is 11.4. The van der Waals surface area contributed by atoms with Crippen LogP contribution in [0.3, 0.4) is 0 Å². The number of likely N-dealkylation sites (tertiary alicyclic amines) is 1. The predicted octanol–water partition coefficient (Wildman–Crippen LogP) is 5.18. The van der Waals surface area contributed by atoms with E-state index in [0.717, 1.165) is 17.7 Å². The summed E-state index contributed by atoms with van der Waals surface area (Å²) >= 11 is 0. The summed E-state index contributed by atoms with van der Waals surface area (Å²) in [6.45, 7) is 3.45. The Morgan fingerprint density at radius 2 is 1.64 bits per heavy atom. The Bertz CT molecular complexity index is 1000. The summed E-state index contributed by atoms with van der Waals surface area (Å²) < 4.78 is 45.5. The number of Topliss-reactive ketones (excluding diaryl/α,β-unsaturated/α-hetero) is 1. The number of amides is 1. The van der Waals surface area contributed by atoms with Gasteiger partial charge in [-0.1, -0.05) is 48.0 Å². The van der Waals surface area contributed by atoms with Crippen LogP contribution in [0.4, 0.5) is 13.2 Å². The number of benzene rings is 2.